The van der Waals surface area contributed by atoms with Crippen LogP contribution in [-0.4, -0.2) is 40.6 Å². The predicted octanol–water partition coefficient (Wildman–Crippen LogP) is 2.21. The molecule has 2 aliphatic carbocycles. The van der Waals surface area contributed by atoms with Gasteiger partial charge in [0.15, 0.2) is 0 Å². The van der Waals surface area contributed by atoms with E-state index in [-0.39, 0.29) is 24.7 Å². The van der Waals surface area contributed by atoms with Gasteiger partial charge in [-0.1, -0.05) is 13.3 Å². The zero-order valence-electron chi connectivity index (χ0n) is 11.6. The lowest BCUT2D eigenvalue weighted by Crippen LogP contribution is -2.48. The number of carbonyl (C=O) groups is 2. The Morgan fingerprint density at radius 2 is 1.79 bits per heavy atom. The van der Waals surface area contributed by atoms with Gasteiger partial charge < -0.3 is 15.3 Å². The van der Waals surface area contributed by atoms with Crippen LogP contribution in [0.25, 0.3) is 0 Å². The van der Waals surface area contributed by atoms with E-state index in [9.17, 15) is 9.59 Å². The molecular formula is C14H24N2O3. The molecule has 0 aromatic rings. The quantitative estimate of drug-likeness (QED) is 0.803. The van der Waals surface area contributed by atoms with Crippen molar-refractivity contribution in [3.05, 3.63) is 0 Å². The van der Waals surface area contributed by atoms with E-state index in [0.29, 0.717) is 0 Å². The van der Waals surface area contributed by atoms with Crippen LogP contribution in [0.1, 0.15) is 51.9 Å². The Balaban J connectivity index is 1.80. The third kappa shape index (κ3) is 4.11. The minimum atomic E-state index is -0.934. The lowest BCUT2D eigenvalue weighted by molar-refractivity contribution is -0.137. The summed E-state index contributed by atoms with van der Waals surface area (Å²) in [7, 11) is 0. The molecule has 0 aromatic heterocycles. The normalized spacial score (nSPS) is 26.8. The number of aliphatic carboxylic acids is 1. The van der Waals surface area contributed by atoms with Crippen LogP contribution in [-0.2, 0) is 4.79 Å². The highest BCUT2D eigenvalue weighted by atomic mass is 16.4. The largest absolute Gasteiger partial charge is 0.480 e. The Morgan fingerprint density at radius 3 is 2.26 bits per heavy atom. The summed E-state index contributed by atoms with van der Waals surface area (Å²) in [6, 6.07) is 0.179. The Bertz CT molecular complexity index is 334. The van der Waals surface area contributed by atoms with E-state index >= 15 is 0 Å². The molecule has 2 N–H and O–H groups in total. The second kappa shape index (κ2) is 6.26. The smallest absolute Gasteiger partial charge is 0.323 e. The van der Waals surface area contributed by atoms with Crippen molar-refractivity contribution in [2.45, 2.75) is 64.0 Å². The number of urea groups is 1. The van der Waals surface area contributed by atoms with Gasteiger partial charge in [0.1, 0.15) is 6.54 Å². The van der Waals surface area contributed by atoms with Crippen LogP contribution in [0.15, 0.2) is 0 Å². The second-order valence-corrected chi connectivity index (χ2v) is 5.83. The van der Waals surface area contributed by atoms with Crippen LogP contribution in [0.5, 0.6) is 0 Å². The Morgan fingerprint density at radius 1 is 1.16 bits per heavy atom. The average molecular weight is 268 g/mol. The highest BCUT2D eigenvalue weighted by molar-refractivity contribution is 5.80. The zero-order chi connectivity index (χ0) is 13.8. The summed E-state index contributed by atoms with van der Waals surface area (Å²) in [6.07, 6.45) is 7.47. The van der Waals surface area contributed by atoms with Crippen molar-refractivity contribution in [2.75, 3.05) is 6.54 Å². The Labute approximate surface area is 114 Å². The highest BCUT2D eigenvalue weighted by Crippen LogP contribution is 2.29. The van der Waals surface area contributed by atoms with E-state index in [4.69, 9.17) is 5.11 Å². The minimum Gasteiger partial charge on any atom is -0.480 e. The summed E-state index contributed by atoms with van der Waals surface area (Å²) >= 11 is 0. The molecule has 2 aliphatic rings. The van der Waals surface area contributed by atoms with Gasteiger partial charge in [0, 0.05) is 12.1 Å². The summed E-state index contributed by atoms with van der Waals surface area (Å²) in [5, 5.41) is 11.9. The average Bonchev–Trinajstić information content (AvgIpc) is 3.21. The fraction of sp³-hybridized carbons (Fsp3) is 0.857. The molecule has 108 valence electrons. The number of hydrogen-bond donors (Lipinski definition) is 2. The van der Waals surface area contributed by atoms with Crippen LogP contribution in [0.2, 0.25) is 0 Å². The van der Waals surface area contributed by atoms with Crippen molar-refractivity contribution in [3.8, 4) is 0 Å². The lowest BCUT2D eigenvalue weighted by Gasteiger charge is -2.30. The molecule has 2 rings (SSSR count). The zero-order valence-corrected chi connectivity index (χ0v) is 11.6. The van der Waals surface area contributed by atoms with Crippen molar-refractivity contribution in [1.82, 2.24) is 10.2 Å². The molecule has 0 bridgehead atoms. The van der Waals surface area contributed by atoms with Crippen LogP contribution < -0.4 is 5.32 Å². The third-order valence-electron chi connectivity index (χ3n) is 4.31. The topological polar surface area (TPSA) is 69.6 Å². The van der Waals surface area contributed by atoms with E-state index in [1.807, 2.05) is 0 Å². The molecule has 0 heterocycles. The van der Waals surface area contributed by atoms with Crippen molar-refractivity contribution in [2.24, 2.45) is 5.92 Å². The molecule has 0 unspecified atom stereocenters. The maximum atomic E-state index is 12.1. The van der Waals surface area contributed by atoms with Crippen molar-refractivity contribution >= 4 is 12.0 Å². The highest BCUT2D eigenvalue weighted by Gasteiger charge is 2.35. The minimum absolute atomic E-state index is 0.142. The van der Waals surface area contributed by atoms with Gasteiger partial charge in [-0.05, 0) is 44.4 Å². The maximum Gasteiger partial charge on any atom is 0.323 e. The summed E-state index contributed by atoms with van der Waals surface area (Å²) < 4.78 is 0. The predicted molar refractivity (Wildman–Crippen MR) is 71.9 cm³/mol. The van der Waals surface area contributed by atoms with E-state index in [1.54, 1.807) is 0 Å². The Kier molecular flexibility index (Phi) is 4.66. The molecule has 0 spiro atoms. The van der Waals surface area contributed by atoms with E-state index < -0.39 is 5.97 Å². The SMILES string of the molecule is CCC1CCC(NC(=O)N(CC(=O)O)C2CC2)CC1. The van der Waals surface area contributed by atoms with E-state index in [1.165, 1.54) is 24.2 Å². The number of nitrogens with one attached hydrogen (secondary N) is 1. The first kappa shape index (κ1) is 14.2. The third-order valence-corrected chi connectivity index (χ3v) is 4.31. The van der Waals surface area contributed by atoms with Crippen LogP contribution in [0.3, 0.4) is 0 Å². The standard InChI is InChI=1S/C14H24N2O3/c1-2-10-3-5-11(6-4-10)15-14(19)16(9-13(17)18)12-7-8-12/h10-12H,2-9H2,1H3,(H,15,19)(H,17,18). The van der Waals surface area contributed by atoms with Crippen molar-refractivity contribution in [3.63, 3.8) is 0 Å². The van der Waals surface area contributed by atoms with Gasteiger partial charge in [-0.2, -0.15) is 0 Å². The fourth-order valence-corrected chi connectivity index (χ4v) is 2.87. The molecule has 2 saturated carbocycles. The molecule has 5 heteroatoms. The van der Waals surface area contributed by atoms with Gasteiger partial charge in [-0.3, -0.25) is 4.79 Å². The molecule has 2 amide bonds. The van der Waals surface area contributed by atoms with Crippen molar-refractivity contribution in [1.29, 1.82) is 0 Å². The molecule has 0 aliphatic heterocycles. The summed E-state index contributed by atoms with van der Waals surface area (Å²) in [5.41, 5.74) is 0. The van der Waals surface area contributed by atoms with Crippen LogP contribution >= 0.6 is 0 Å². The summed E-state index contributed by atoms with van der Waals surface area (Å²) in [4.78, 5) is 24.4. The molecule has 0 radical (unpaired) electrons. The number of carboxylic acids is 1. The van der Waals surface area contributed by atoms with E-state index in [2.05, 4.69) is 12.2 Å². The van der Waals surface area contributed by atoms with Gasteiger partial charge in [0.2, 0.25) is 0 Å². The van der Waals surface area contributed by atoms with Gasteiger partial charge in [0.05, 0.1) is 0 Å². The first-order chi connectivity index (χ1) is 9.10. The molecule has 0 saturated heterocycles. The Hall–Kier alpha value is -1.26. The summed E-state index contributed by atoms with van der Waals surface area (Å²) in [6.45, 7) is 2.03. The van der Waals surface area contributed by atoms with Crippen molar-refractivity contribution < 1.29 is 14.7 Å². The molecule has 0 atom stereocenters. The summed E-state index contributed by atoms with van der Waals surface area (Å²) in [5.74, 6) is -0.136. The number of hydrogen-bond acceptors (Lipinski definition) is 2. The molecule has 5 nitrogen and oxygen atoms in total. The number of carbonyl (C=O) groups excluding carboxylic acids is 1. The number of carboxylic acid groups (broad SMARTS) is 1. The first-order valence-corrected chi connectivity index (χ1v) is 7.39. The van der Waals surface area contributed by atoms with Gasteiger partial charge in [0.25, 0.3) is 0 Å². The molecule has 2 fully saturated rings. The monoisotopic (exact) mass is 268 g/mol. The number of rotatable bonds is 5. The van der Waals surface area contributed by atoms with Gasteiger partial charge >= 0.3 is 12.0 Å². The van der Waals surface area contributed by atoms with Crippen LogP contribution in [0.4, 0.5) is 4.79 Å². The van der Waals surface area contributed by atoms with E-state index in [0.717, 1.165) is 31.6 Å². The molecule has 0 aromatic carbocycles. The number of nitrogens with zero attached hydrogens (tertiary/aromatic N) is 1. The molecule has 19 heavy (non-hydrogen) atoms. The maximum absolute atomic E-state index is 12.1. The lowest BCUT2D eigenvalue weighted by atomic mass is 9.84. The first-order valence-electron chi connectivity index (χ1n) is 7.39. The van der Waals surface area contributed by atoms with Gasteiger partial charge in [-0.25, -0.2) is 4.79 Å². The molecular weight excluding hydrogens is 244 g/mol. The fourth-order valence-electron chi connectivity index (χ4n) is 2.87. The van der Waals surface area contributed by atoms with Gasteiger partial charge in [-0.15, -0.1) is 0 Å². The second-order valence-electron chi connectivity index (χ2n) is 5.83. The number of amides is 2. The van der Waals surface area contributed by atoms with Crippen LogP contribution in [0, 0.1) is 5.92 Å².